The molecule has 0 atom stereocenters. The summed E-state index contributed by atoms with van der Waals surface area (Å²) in [5.41, 5.74) is 17.0. The average Bonchev–Trinajstić information content (AvgIpc) is 3.07. The normalized spacial score (nSPS) is 10.7. The number of ether oxygens (including phenoxy) is 3. The Labute approximate surface area is 264 Å². The molecule has 6 nitrogen and oxygen atoms in total. The van der Waals surface area contributed by atoms with Crippen LogP contribution in [0.1, 0.15) is 18.9 Å². The van der Waals surface area contributed by atoms with Crippen molar-refractivity contribution >= 4 is 28.4 Å². The van der Waals surface area contributed by atoms with Crippen LogP contribution in [0.25, 0.3) is 0 Å². The predicted octanol–water partition coefficient (Wildman–Crippen LogP) is 10.7. The van der Waals surface area contributed by atoms with Gasteiger partial charge in [-0.1, -0.05) is 43.7 Å². The summed E-state index contributed by atoms with van der Waals surface area (Å²) in [4.78, 5) is 2.16. The number of nitrogens with two attached hydrogens (primary N) is 2. The summed E-state index contributed by atoms with van der Waals surface area (Å²) in [6, 6.07) is 47.0. The fraction of sp³-hybridized carbons (Fsp3) is 0.0769. The number of anilines is 5. The lowest BCUT2D eigenvalue weighted by molar-refractivity contribution is 0.476. The summed E-state index contributed by atoms with van der Waals surface area (Å²) in [6.07, 6.45) is 1.97. The molecule has 0 unspecified atom stereocenters. The van der Waals surface area contributed by atoms with E-state index in [1.165, 1.54) is 5.56 Å². The summed E-state index contributed by atoms with van der Waals surface area (Å²) in [6.45, 7) is 2.17. The highest BCUT2D eigenvalue weighted by Gasteiger charge is 2.18. The van der Waals surface area contributed by atoms with Crippen LogP contribution in [0, 0.1) is 0 Å². The van der Waals surface area contributed by atoms with Crippen LogP contribution >= 0.6 is 0 Å². The van der Waals surface area contributed by atoms with Crippen molar-refractivity contribution < 1.29 is 14.2 Å². The zero-order valence-corrected chi connectivity index (χ0v) is 25.1. The van der Waals surface area contributed by atoms with Gasteiger partial charge in [-0.05, 0) is 127 Å². The van der Waals surface area contributed by atoms with Crippen molar-refractivity contribution in [3.05, 3.63) is 151 Å². The van der Waals surface area contributed by atoms with Crippen molar-refractivity contribution in [1.82, 2.24) is 0 Å². The molecule has 0 saturated heterocycles. The Morgan fingerprint density at radius 2 is 0.889 bits per heavy atom. The first-order valence-electron chi connectivity index (χ1n) is 15.0. The van der Waals surface area contributed by atoms with Gasteiger partial charge in [0, 0.05) is 22.7 Å². The topological polar surface area (TPSA) is 83.0 Å². The number of para-hydroxylation sites is 3. The molecule has 0 saturated carbocycles. The molecule has 6 heteroatoms. The van der Waals surface area contributed by atoms with Crippen molar-refractivity contribution in [2.75, 3.05) is 16.4 Å². The molecule has 6 aromatic rings. The lowest BCUT2D eigenvalue weighted by Gasteiger charge is -2.28. The monoisotopic (exact) mass is 593 g/mol. The van der Waals surface area contributed by atoms with Crippen molar-refractivity contribution in [2.24, 2.45) is 0 Å². The van der Waals surface area contributed by atoms with Gasteiger partial charge in [0.1, 0.15) is 28.7 Å². The first-order valence-corrected chi connectivity index (χ1v) is 15.0. The number of benzene rings is 6. The average molecular weight is 594 g/mol. The van der Waals surface area contributed by atoms with Crippen molar-refractivity contribution in [1.29, 1.82) is 0 Å². The van der Waals surface area contributed by atoms with Gasteiger partial charge >= 0.3 is 0 Å². The van der Waals surface area contributed by atoms with Crippen molar-refractivity contribution in [2.45, 2.75) is 19.8 Å². The van der Waals surface area contributed by atoms with Crippen molar-refractivity contribution in [3.63, 3.8) is 0 Å². The Morgan fingerprint density at radius 3 is 1.38 bits per heavy atom. The third-order valence-electron chi connectivity index (χ3n) is 7.24. The minimum Gasteiger partial charge on any atom is -0.457 e. The zero-order valence-electron chi connectivity index (χ0n) is 25.1. The molecular weight excluding hydrogens is 558 g/mol. The number of nitrogens with zero attached hydrogens (tertiary/aromatic N) is 1. The third-order valence-corrected chi connectivity index (χ3v) is 7.24. The maximum absolute atomic E-state index is 6.63. The number of rotatable bonds is 11. The SMILES string of the molecule is CCCc1ccccc1Oc1ccccc1N(c1ccc(Oc2ccc(N)cc2)cc1)c1ccc(Oc2ccc(N)cc2)cc1. The fourth-order valence-corrected chi connectivity index (χ4v) is 5.02. The van der Waals surface area contributed by atoms with E-state index in [0.717, 1.165) is 52.9 Å². The molecule has 0 aliphatic rings. The van der Waals surface area contributed by atoms with Gasteiger partial charge in [0.2, 0.25) is 0 Å². The van der Waals surface area contributed by atoms with Gasteiger partial charge in [-0.2, -0.15) is 0 Å². The molecule has 0 aliphatic heterocycles. The van der Waals surface area contributed by atoms with Gasteiger partial charge in [0.15, 0.2) is 5.75 Å². The van der Waals surface area contributed by atoms with E-state index in [1.54, 1.807) is 0 Å². The van der Waals surface area contributed by atoms with Crippen LogP contribution in [-0.4, -0.2) is 0 Å². The molecular formula is C39H35N3O3. The smallest absolute Gasteiger partial charge is 0.151 e. The molecule has 6 rings (SSSR count). The largest absolute Gasteiger partial charge is 0.457 e. The van der Waals surface area contributed by atoms with E-state index in [9.17, 15) is 0 Å². The van der Waals surface area contributed by atoms with Crippen molar-refractivity contribution in [3.8, 4) is 34.5 Å². The summed E-state index contributed by atoms with van der Waals surface area (Å²) < 4.78 is 18.8. The molecule has 0 bridgehead atoms. The highest BCUT2D eigenvalue weighted by Crippen LogP contribution is 2.43. The van der Waals surface area contributed by atoms with Gasteiger partial charge in [-0.3, -0.25) is 0 Å². The second-order valence-corrected chi connectivity index (χ2v) is 10.6. The highest BCUT2D eigenvalue weighted by atomic mass is 16.5. The molecule has 0 aromatic heterocycles. The predicted molar refractivity (Wildman–Crippen MR) is 183 cm³/mol. The van der Waals surface area contributed by atoms with Gasteiger partial charge in [-0.25, -0.2) is 0 Å². The number of hydrogen-bond acceptors (Lipinski definition) is 6. The van der Waals surface area contributed by atoms with E-state index in [2.05, 4.69) is 30.0 Å². The molecule has 0 radical (unpaired) electrons. The Morgan fingerprint density at radius 1 is 0.467 bits per heavy atom. The zero-order chi connectivity index (χ0) is 31.0. The van der Waals surface area contributed by atoms with Crippen LogP contribution in [0.5, 0.6) is 34.5 Å². The van der Waals surface area contributed by atoms with Gasteiger partial charge in [-0.15, -0.1) is 0 Å². The van der Waals surface area contributed by atoms with Crippen LogP contribution in [0.15, 0.2) is 146 Å². The maximum Gasteiger partial charge on any atom is 0.151 e. The Bertz CT molecular complexity index is 1750. The molecule has 0 aliphatic carbocycles. The van der Waals surface area contributed by atoms with E-state index >= 15 is 0 Å². The van der Waals surface area contributed by atoms with E-state index in [1.807, 2.05) is 127 Å². The van der Waals surface area contributed by atoms with Gasteiger partial charge in [0.05, 0.1) is 5.69 Å². The van der Waals surface area contributed by atoms with Crippen LogP contribution in [-0.2, 0) is 6.42 Å². The second-order valence-electron chi connectivity index (χ2n) is 10.6. The first kappa shape index (κ1) is 29.2. The summed E-state index contributed by atoms with van der Waals surface area (Å²) in [5.74, 6) is 4.46. The lowest BCUT2D eigenvalue weighted by atomic mass is 10.1. The van der Waals surface area contributed by atoms with E-state index in [4.69, 9.17) is 25.7 Å². The first-order chi connectivity index (χ1) is 22.1. The summed E-state index contributed by atoms with van der Waals surface area (Å²) in [7, 11) is 0. The molecule has 224 valence electrons. The Hall–Kier alpha value is -5.88. The van der Waals surface area contributed by atoms with Crippen LogP contribution in [0.3, 0.4) is 0 Å². The Balaban J connectivity index is 1.35. The summed E-state index contributed by atoms with van der Waals surface area (Å²) in [5, 5.41) is 0. The Kier molecular flexibility index (Phi) is 8.83. The standard InChI is InChI=1S/C39H35N3O3/c1-2-7-28-8-3-5-10-38(28)45-39-11-6-4-9-37(39)42(31-16-24-35(25-17-31)43-33-20-12-29(40)13-21-33)32-18-26-36(27-19-32)44-34-22-14-30(41)15-23-34/h3-6,8-27H,2,7,40-41H2,1H3. The highest BCUT2D eigenvalue weighted by molar-refractivity contribution is 5.80. The quantitative estimate of drug-likeness (QED) is 0.145. The van der Waals surface area contributed by atoms with Gasteiger partial charge < -0.3 is 30.6 Å². The molecule has 0 amide bonds. The maximum atomic E-state index is 6.63. The minimum atomic E-state index is 0.691. The van der Waals surface area contributed by atoms with Gasteiger partial charge in [0.25, 0.3) is 0 Å². The second kappa shape index (κ2) is 13.6. The number of hydrogen-bond donors (Lipinski definition) is 2. The van der Waals surface area contributed by atoms with E-state index in [-0.39, 0.29) is 0 Å². The lowest BCUT2D eigenvalue weighted by Crippen LogP contribution is -2.11. The molecule has 45 heavy (non-hydrogen) atoms. The van der Waals surface area contributed by atoms with Crippen LogP contribution in [0.2, 0.25) is 0 Å². The van der Waals surface area contributed by atoms with Crippen LogP contribution < -0.4 is 30.6 Å². The van der Waals surface area contributed by atoms with E-state index in [0.29, 0.717) is 22.9 Å². The van der Waals surface area contributed by atoms with Crippen LogP contribution in [0.4, 0.5) is 28.4 Å². The molecule has 0 fully saturated rings. The third kappa shape index (κ3) is 7.20. The molecule has 6 aromatic carbocycles. The number of aryl methyl sites for hydroxylation is 1. The summed E-state index contributed by atoms with van der Waals surface area (Å²) >= 11 is 0. The fourth-order valence-electron chi connectivity index (χ4n) is 5.02. The van der Waals surface area contributed by atoms with E-state index < -0.39 is 0 Å². The molecule has 0 heterocycles. The number of nitrogen functional groups attached to an aromatic ring is 2. The minimum absolute atomic E-state index is 0.691. The molecule has 4 N–H and O–H groups in total. The molecule has 0 spiro atoms.